The first-order chi connectivity index (χ1) is 22.5. The molecule has 6 rings (SSSR count). The summed E-state index contributed by atoms with van der Waals surface area (Å²) in [6, 6.07) is 37.8. The molecule has 228 valence electrons. The molecule has 7 heteroatoms. The van der Waals surface area contributed by atoms with Crippen LogP contribution in [-0.4, -0.2) is 32.4 Å². The molecule has 0 atom stereocenters. The van der Waals surface area contributed by atoms with Crippen molar-refractivity contribution >= 4 is 47.1 Å². The molecular formula is C39H34N4O3. The van der Waals surface area contributed by atoms with Gasteiger partial charge in [0, 0.05) is 31.2 Å². The highest BCUT2D eigenvalue weighted by molar-refractivity contribution is 6.29. The maximum atomic E-state index is 13.8. The number of ether oxygens (including phenoxy) is 1. The molecular weight excluding hydrogens is 572 g/mol. The maximum absolute atomic E-state index is 13.8. The summed E-state index contributed by atoms with van der Waals surface area (Å²) in [7, 11) is 4.05. The molecule has 0 bridgehead atoms. The van der Waals surface area contributed by atoms with E-state index in [-0.39, 0.29) is 17.4 Å². The monoisotopic (exact) mass is 606 g/mol. The second-order valence-electron chi connectivity index (χ2n) is 11.0. The third-order valence-electron chi connectivity index (χ3n) is 7.84. The number of nitrogens with zero attached hydrogens (tertiary/aromatic N) is 4. The fourth-order valence-electron chi connectivity index (χ4n) is 5.59. The predicted molar refractivity (Wildman–Crippen MR) is 186 cm³/mol. The summed E-state index contributed by atoms with van der Waals surface area (Å²) in [4.78, 5) is 29.5. The smallest absolute Gasteiger partial charge is 0.299 e. The van der Waals surface area contributed by atoms with Crippen molar-refractivity contribution < 1.29 is 14.3 Å². The van der Waals surface area contributed by atoms with Crippen LogP contribution in [0.1, 0.15) is 18.4 Å². The number of rotatable bonds is 9. The van der Waals surface area contributed by atoms with E-state index in [9.17, 15) is 9.59 Å². The maximum Gasteiger partial charge on any atom is 0.299 e. The summed E-state index contributed by atoms with van der Waals surface area (Å²) in [5.41, 5.74) is 8.03. The molecule has 0 N–H and O–H groups in total. The molecule has 4 aromatic rings. The molecule has 2 aliphatic rings. The molecule has 0 unspecified atom stereocenters. The summed E-state index contributed by atoms with van der Waals surface area (Å²) < 4.78 is 5.25. The number of hydrogen-bond donors (Lipinski definition) is 0. The van der Waals surface area contributed by atoms with Crippen LogP contribution in [-0.2, 0) is 14.3 Å². The Bertz CT molecular complexity index is 1820. The van der Waals surface area contributed by atoms with Gasteiger partial charge in [0.25, 0.3) is 18.3 Å². The Labute approximate surface area is 269 Å². The molecule has 0 saturated carbocycles. The Morgan fingerprint density at radius 2 is 1.37 bits per heavy atom. The molecule has 1 heterocycles. The molecule has 1 amide bonds. The van der Waals surface area contributed by atoms with E-state index in [1.807, 2.05) is 74.8 Å². The van der Waals surface area contributed by atoms with Gasteiger partial charge in [-0.1, -0.05) is 85.0 Å². The highest BCUT2D eigenvalue weighted by atomic mass is 16.5. The first-order valence-electron chi connectivity index (χ1n) is 15.1. The van der Waals surface area contributed by atoms with Crippen molar-refractivity contribution in [2.45, 2.75) is 12.8 Å². The minimum atomic E-state index is -0.362. The van der Waals surface area contributed by atoms with Gasteiger partial charge < -0.3 is 14.5 Å². The number of para-hydroxylation sites is 3. The van der Waals surface area contributed by atoms with Gasteiger partial charge in [-0.3, -0.25) is 9.59 Å². The number of allylic oxidation sites excluding steroid dienone is 5. The lowest BCUT2D eigenvalue weighted by atomic mass is 10.1. The zero-order valence-corrected chi connectivity index (χ0v) is 25.8. The molecule has 0 aromatic heterocycles. The molecule has 0 fully saturated rings. The second-order valence-corrected chi connectivity index (χ2v) is 11.0. The zero-order chi connectivity index (χ0) is 31.9. The van der Waals surface area contributed by atoms with Gasteiger partial charge in [-0.15, -0.1) is 5.10 Å². The Morgan fingerprint density at radius 3 is 1.96 bits per heavy atom. The standard InChI is InChI=1S/C39H34N4O3/c1-41(2)32-25-21-29(22-26-32)13-12-14-30-23-24-31(37(30)42(33-15-6-3-7-16-33)34-17-8-4-9-18-34)27-36-38(46-28-44)40-43(39(36)45)35-19-10-5-11-20-35/h3-22,25-28H,23-24H2,1-2H3/b13-12+,30-14+,36-27-. The van der Waals surface area contributed by atoms with Gasteiger partial charge in [0.1, 0.15) is 5.57 Å². The average molecular weight is 607 g/mol. The van der Waals surface area contributed by atoms with Gasteiger partial charge >= 0.3 is 0 Å². The second kappa shape index (κ2) is 13.8. The van der Waals surface area contributed by atoms with Crippen molar-refractivity contribution in [2.24, 2.45) is 5.10 Å². The summed E-state index contributed by atoms with van der Waals surface area (Å²) in [5, 5.41) is 5.64. The predicted octanol–water partition coefficient (Wildman–Crippen LogP) is 8.04. The van der Waals surface area contributed by atoms with Crippen LogP contribution < -0.4 is 14.8 Å². The number of anilines is 4. The van der Waals surface area contributed by atoms with E-state index in [1.165, 1.54) is 5.01 Å². The summed E-state index contributed by atoms with van der Waals surface area (Å²) >= 11 is 0. The van der Waals surface area contributed by atoms with Crippen LogP contribution in [0.5, 0.6) is 0 Å². The number of carbonyl (C=O) groups excluding carboxylic acids is 2. The number of hydrazone groups is 1. The van der Waals surface area contributed by atoms with Gasteiger partial charge in [-0.25, -0.2) is 0 Å². The van der Waals surface area contributed by atoms with Gasteiger partial charge in [0.05, 0.1) is 11.4 Å². The molecule has 0 radical (unpaired) electrons. The minimum Gasteiger partial charge on any atom is -0.407 e. The third-order valence-corrected chi connectivity index (χ3v) is 7.84. The topological polar surface area (TPSA) is 65.5 Å². The highest BCUT2D eigenvalue weighted by Gasteiger charge is 2.35. The lowest BCUT2D eigenvalue weighted by Gasteiger charge is -2.28. The van der Waals surface area contributed by atoms with Crippen LogP contribution in [0.4, 0.5) is 22.7 Å². The first-order valence-corrected chi connectivity index (χ1v) is 15.1. The molecule has 1 aliphatic carbocycles. The van der Waals surface area contributed by atoms with E-state index in [1.54, 1.807) is 12.1 Å². The van der Waals surface area contributed by atoms with Crippen molar-refractivity contribution in [2.75, 3.05) is 28.9 Å². The largest absolute Gasteiger partial charge is 0.407 e. The van der Waals surface area contributed by atoms with Crippen molar-refractivity contribution in [1.82, 2.24) is 0 Å². The Hall–Kier alpha value is -5.95. The van der Waals surface area contributed by atoms with Crippen molar-refractivity contribution in [3.8, 4) is 0 Å². The molecule has 0 saturated heterocycles. The van der Waals surface area contributed by atoms with Crippen LogP contribution >= 0.6 is 0 Å². The number of amides is 1. The van der Waals surface area contributed by atoms with Crippen molar-refractivity contribution in [3.05, 3.63) is 161 Å². The summed E-state index contributed by atoms with van der Waals surface area (Å²) in [6.07, 6.45) is 9.57. The fraction of sp³-hybridized carbons (Fsp3) is 0.103. The van der Waals surface area contributed by atoms with Crippen molar-refractivity contribution in [3.63, 3.8) is 0 Å². The van der Waals surface area contributed by atoms with Crippen LogP contribution in [0.25, 0.3) is 6.08 Å². The van der Waals surface area contributed by atoms with Gasteiger partial charge in [0.15, 0.2) is 0 Å². The molecule has 46 heavy (non-hydrogen) atoms. The van der Waals surface area contributed by atoms with E-state index in [0.717, 1.165) is 45.9 Å². The summed E-state index contributed by atoms with van der Waals surface area (Å²) in [6.45, 7) is 0.305. The molecule has 4 aromatic carbocycles. The number of carbonyl (C=O) groups is 2. The van der Waals surface area contributed by atoms with E-state index >= 15 is 0 Å². The minimum absolute atomic E-state index is 0.0276. The molecule has 0 spiro atoms. The third kappa shape index (κ3) is 6.44. The van der Waals surface area contributed by atoms with Gasteiger partial charge in [-0.2, -0.15) is 5.01 Å². The van der Waals surface area contributed by atoms with Crippen LogP contribution in [0.2, 0.25) is 0 Å². The van der Waals surface area contributed by atoms with E-state index < -0.39 is 0 Å². The Balaban J connectivity index is 1.47. The van der Waals surface area contributed by atoms with Gasteiger partial charge in [-0.05, 0) is 84.2 Å². The lowest BCUT2D eigenvalue weighted by Crippen LogP contribution is -2.22. The van der Waals surface area contributed by atoms with Crippen LogP contribution in [0.3, 0.4) is 0 Å². The Kier molecular flexibility index (Phi) is 9.02. The van der Waals surface area contributed by atoms with E-state index in [4.69, 9.17) is 4.74 Å². The zero-order valence-electron chi connectivity index (χ0n) is 25.8. The highest BCUT2D eigenvalue weighted by Crippen LogP contribution is 2.42. The number of hydrogen-bond acceptors (Lipinski definition) is 6. The molecule has 7 nitrogen and oxygen atoms in total. The SMILES string of the molecule is CN(C)c1ccc(/C=C/C=C2\CCC(/C=C3\C(=O)N(c4ccccc4)N=C3OC=O)=C2N(c2ccccc2)c2ccccc2)cc1. The molecule has 1 aliphatic heterocycles. The van der Waals surface area contributed by atoms with Crippen LogP contribution in [0.15, 0.2) is 161 Å². The van der Waals surface area contributed by atoms with E-state index in [0.29, 0.717) is 18.6 Å². The summed E-state index contributed by atoms with van der Waals surface area (Å²) in [5.74, 6) is -0.389. The van der Waals surface area contributed by atoms with E-state index in [2.05, 4.69) is 81.7 Å². The Morgan fingerprint density at radius 1 is 0.761 bits per heavy atom. The van der Waals surface area contributed by atoms with Gasteiger partial charge in [0.2, 0.25) is 0 Å². The quantitative estimate of drug-likeness (QED) is 0.143. The first kappa shape index (κ1) is 30.1. The number of benzene rings is 4. The lowest BCUT2D eigenvalue weighted by molar-refractivity contribution is -0.121. The van der Waals surface area contributed by atoms with Crippen LogP contribution in [0, 0.1) is 0 Å². The normalized spacial score (nSPS) is 16.4. The van der Waals surface area contributed by atoms with Crippen molar-refractivity contribution in [1.29, 1.82) is 0 Å². The average Bonchev–Trinajstić information content (AvgIpc) is 3.62. The fourth-order valence-corrected chi connectivity index (χ4v) is 5.59.